The Hall–Kier alpha value is -0.610. The Morgan fingerprint density at radius 2 is 2.31 bits per heavy atom. The zero-order chi connectivity index (χ0) is 9.69. The van der Waals surface area contributed by atoms with Gasteiger partial charge in [0, 0.05) is 0 Å². The van der Waals surface area contributed by atoms with Gasteiger partial charge in [-0.1, -0.05) is 0 Å². The number of aliphatic hydroxyl groups excluding tert-OH is 1. The van der Waals surface area contributed by atoms with Crippen molar-refractivity contribution in [2.24, 2.45) is 5.41 Å². The molecule has 2 bridgehead atoms. The molecule has 0 spiro atoms. The van der Waals surface area contributed by atoms with Gasteiger partial charge in [0.1, 0.15) is 0 Å². The van der Waals surface area contributed by atoms with Crippen LogP contribution in [-0.2, 0) is 14.3 Å². The summed E-state index contributed by atoms with van der Waals surface area (Å²) in [6.07, 6.45) is 1.07. The molecular weight excluding hydrogens is 172 g/mol. The molecule has 1 unspecified atom stereocenters. The van der Waals surface area contributed by atoms with E-state index in [0.717, 1.165) is 0 Å². The quantitative estimate of drug-likeness (QED) is 0.621. The SMILES string of the molecule is COC(=O)C12CC(CO)(C1)OC2C. The van der Waals surface area contributed by atoms with Crippen molar-refractivity contribution in [3.63, 3.8) is 0 Å². The zero-order valence-electron chi connectivity index (χ0n) is 7.87. The van der Waals surface area contributed by atoms with Crippen molar-refractivity contribution in [1.29, 1.82) is 0 Å². The molecule has 3 rings (SSSR count). The van der Waals surface area contributed by atoms with Gasteiger partial charge in [-0.2, -0.15) is 0 Å². The van der Waals surface area contributed by atoms with Crippen molar-refractivity contribution >= 4 is 5.97 Å². The van der Waals surface area contributed by atoms with Crippen LogP contribution in [0.1, 0.15) is 19.8 Å². The molecule has 0 aromatic heterocycles. The molecule has 3 aliphatic rings. The molecule has 2 saturated heterocycles. The van der Waals surface area contributed by atoms with E-state index in [1.54, 1.807) is 0 Å². The number of hydrogen-bond acceptors (Lipinski definition) is 4. The van der Waals surface area contributed by atoms with Crippen LogP contribution >= 0.6 is 0 Å². The lowest BCUT2D eigenvalue weighted by atomic mass is 9.60. The molecule has 0 radical (unpaired) electrons. The van der Waals surface area contributed by atoms with Gasteiger partial charge in [0.25, 0.3) is 0 Å². The van der Waals surface area contributed by atoms with Gasteiger partial charge >= 0.3 is 5.97 Å². The molecule has 0 amide bonds. The highest BCUT2D eigenvalue weighted by molar-refractivity contribution is 5.80. The molecule has 13 heavy (non-hydrogen) atoms. The lowest BCUT2D eigenvalue weighted by Gasteiger charge is -2.41. The van der Waals surface area contributed by atoms with Crippen molar-refractivity contribution < 1.29 is 19.4 Å². The maximum Gasteiger partial charge on any atom is 0.314 e. The molecule has 2 heterocycles. The summed E-state index contributed by atoms with van der Waals surface area (Å²) in [6, 6.07) is 0. The van der Waals surface area contributed by atoms with Crippen LogP contribution in [-0.4, -0.2) is 36.5 Å². The smallest absolute Gasteiger partial charge is 0.314 e. The van der Waals surface area contributed by atoms with Gasteiger partial charge in [-0.25, -0.2) is 0 Å². The summed E-state index contributed by atoms with van der Waals surface area (Å²) < 4.78 is 10.3. The molecule has 2 aliphatic heterocycles. The highest BCUT2D eigenvalue weighted by atomic mass is 16.6. The minimum absolute atomic E-state index is 0.00388. The number of carbonyl (C=O) groups is 1. The molecule has 74 valence electrons. The second-order valence-electron chi connectivity index (χ2n) is 4.10. The van der Waals surface area contributed by atoms with Gasteiger partial charge in [-0.05, 0) is 19.8 Å². The maximum absolute atomic E-state index is 11.5. The molecule has 1 atom stereocenters. The van der Waals surface area contributed by atoms with E-state index in [0.29, 0.717) is 12.8 Å². The third kappa shape index (κ3) is 0.901. The molecule has 1 saturated carbocycles. The fourth-order valence-electron chi connectivity index (χ4n) is 2.62. The predicted molar refractivity (Wildman–Crippen MR) is 44.0 cm³/mol. The lowest BCUT2D eigenvalue weighted by molar-refractivity contribution is -0.159. The summed E-state index contributed by atoms with van der Waals surface area (Å²) in [4.78, 5) is 11.5. The molecule has 1 N–H and O–H groups in total. The molecule has 0 aromatic rings. The highest BCUT2D eigenvalue weighted by Crippen LogP contribution is 2.61. The van der Waals surface area contributed by atoms with Gasteiger partial charge in [-0.15, -0.1) is 0 Å². The summed E-state index contributed by atoms with van der Waals surface area (Å²) in [5.74, 6) is -0.207. The maximum atomic E-state index is 11.5. The van der Waals surface area contributed by atoms with Crippen molar-refractivity contribution in [1.82, 2.24) is 0 Å². The van der Waals surface area contributed by atoms with Crippen LogP contribution in [0.3, 0.4) is 0 Å². The largest absolute Gasteiger partial charge is 0.469 e. The van der Waals surface area contributed by atoms with Gasteiger partial charge < -0.3 is 14.6 Å². The monoisotopic (exact) mass is 186 g/mol. The third-order valence-corrected chi connectivity index (χ3v) is 3.36. The third-order valence-electron chi connectivity index (χ3n) is 3.36. The minimum atomic E-state index is -0.475. The second-order valence-corrected chi connectivity index (χ2v) is 4.10. The normalized spacial score (nSPS) is 47.2. The summed E-state index contributed by atoms with van der Waals surface area (Å²) in [6.45, 7) is 1.86. The van der Waals surface area contributed by atoms with E-state index in [1.165, 1.54) is 7.11 Å². The van der Waals surface area contributed by atoms with Crippen molar-refractivity contribution in [2.45, 2.75) is 31.5 Å². The van der Waals surface area contributed by atoms with E-state index in [-0.39, 0.29) is 18.7 Å². The van der Waals surface area contributed by atoms with Crippen LogP contribution in [0.5, 0.6) is 0 Å². The average Bonchev–Trinajstić information content (AvgIpc) is 2.51. The van der Waals surface area contributed by atoms with Crippen LogP contribution < -0.4 is 0 Å². The van der Waals surface area contributed by atoms with E-state index in [1.807, 2.05) is 6.92 Å². The first-order valence-corrected chi connectivity index (χ1v) is 4.46. The van der Waals surface area contributed by atoms with Crippen LogP contribution in [0.2, 0.25) is 0 Å². The first-order valence-electron chi connectivity index (χ1n) is 4.46. The topological polar surface area (TPSA) is 55.8 Å². The number of esters is 1. The first kappa shape index (κ1) is 8.97. The lowest BCUT2D eigenvalue weighted by Crippen LogP contribution is -2.52. The molecule has 3 fully saturated rings. The van der Waals surface area contributed by atoms with Crippen molar-refractivity contribution in [3.8, 4) is 0 Å². The van der Waals surface area contributed by atoms with Crippen LogP contribution in [0.4, 0.5) is 0 Å². The fraction of sp³-hybridized carbons (Fsp3) is 0.889. The molecule has 4 heteroatoms. The molecule has 1 aliphatic carbocycles. The number of aliphatic hydroxyl groups is 1. The Morgan fingerprint density at radius 3 is 2.69 bits per heavy atom. The summed E-state index contributed by atoms with van der Waals surface area (Å²) in [7, 11) is 1.39. The van der Waals surface area contributed by atoms with Crippen LogP contribution in [0.25, 0.3) is 0 Å². The summed E-state index contributed by atoms with van der Waals surface area (Å²) in [5, 5.41) is 9.07. The Morgan fingerprint density at radius 1 is 1.69 bits per heavy atom. The number of ether oxygens (including phenoxy) is 2. The second kappa shape index (κ2) is 2.45. The summed E-state index contributed by atoms with van der Waals surface area (Å²) >= 11 is 0. The molecule has 4 nitrogen and oxygen atoms in total. The number of fused-ring (bicyclic) bond motifs is 1. The Labute approximate surface area is 76.8 Å². The number of rotatable bonds is 2. The van der Waals surface area contributed by atoms with E-state index in [2.05, 4.69) is 0 Å². The summed E-state index contributed by atoms with van der Waals surface area (Å²) in [5.41, 5.74) is -0.926. The zero-order valence-corrected chi connectivity index (χ0v) is 7.87. The standard InChI is InChI=1S/C9H14O4/c1-6-9(7(11)12-2)3-8(4-9,5-10)13-6/h6,10H,3-5H2,1-2H3. The van der Waals surface area contributed by atoms with Crippen molar-refractivity contribution in [2.75, 3.05) is 13.7 Å². The van der Waals surface area contributed by atoms with E-state index in [9.17, 15) is 4.79 Å². The fourth-order valence-corrected chi connectivity index (χ4v) is 2.62. The Kier molecular flexibility index (Phi) is 1.69. The van der Waals surface area contributed by atoms with Gasteiger partial charge in [-0.3, -0.25) is 4.79 Å². The first-order chi connectivity index (χ1) is 6.08. The average molecular weight is 186 g/mol. The highest BCUT2D eigenvalue weighted by Gasteiger charge is 2.70. The molecule has 0 aromatic carbocycles. The van der Waals surface area contributed by atoms with E-state index >= 15 is 0 Å². The number of hydrogen-bond donors (Lipinski definition) is 1. The van der Waals surface area contributed by atoms with E-state index < -0.39 is 11.0 Å². The number of methoxy groups -OCH3 is 1. The Balaban J connectivity index is 2.18. The van der Waals surface area contributed by atoms with Gasteiger partial charge in [0.05, 0.1) is 30.8 Å². The van der Waals surface area contributed by atoms with Crippen molar-refractivity contribution in [3.05, 3.63) is 0 Å². The predicted octanol–water partition coefficient (Wildman–Crippen LogP) is 0.0894. The van der Waals surface area contributed by atoms with Gasteiger partial charge in [0.15, 0.2) is 0 Å². The Bertz CT molecular complexity index is 242. The van der Waals surface area contributed by atoms with Crippen LogP contribution in [0.15, 0.2) is 0 Å². The minimum Gasteiger partial charge on any atom is -0.469 e. The van der Waals surface area contributed by atoms with E-state index in [4.69, 9.17) is 14.6 Å². The number of carbonyl (C=O) groups excluding carboxylic acids is 1. The van der Waals surface area contributed by atoms with Gasteiger partial charge in [0.2, 0.25) is 0 Å². The molecular formula is C9H14O4. The van der Waals surface area contributed by atoms with Crippen LogP contribution in [0, 0.1) is 5.41 Å².